The third kappa shape index (κ3) is 6.17. The number of nitrogens with one attached hydrogen (secondary N) is 2. The van der Waals surface area contributed by atoms with Crippen LogP contribution in [-0.4, -0.2) is 38.4 Å². The lowest BCUT2D eigenvalue weighted by molar-refractivity contribution is -0.119. The topological polar surface area (TPSA) is 88.9 Å². The van der Waals surface area contributed by atoms with Gasteiger partial charge in [-0.15, -0.1) is 10.2 Å². The molecule has 3 rings (SSSR count). The van der Waals surface area contributed by atoms with Crippen molar-refractivity contribution >= 4 is 46.8 Å². The molecule has 0 bridgehead atoms. The third-order valence-corrected chi connectivity index (χ3v) is 7.47. The van der Waals surface area contributed by atoms with E-state index in [1.54, 1.807) is 12.1 Å². The highest BCUT2D eigenvalue weighted by Crippen LogP contribution is 2.25. The lowest BCUT2D eigenvalue weighted by Gasteiger charge is -2.29. The molecule has 1 heterocycles. The quantitative estimate of drug-likeness (QED) is 0.507. The first-order chi connectivity index (χ1) is 15.3. The Labute approximate surface area is 203 Å². The Hall–Kier alpha value is -1.77. The molecule has 0 saturated heterocycles. The van der Waals surface area contributed by atoms with E-state index in [2.05, 4.69) is 27.8 Å². The lowest BCUT2D eigenvalue weighted by Crippen LogP contribution is -2.41. The number of amides is 2. The van der Waals surface area contributed by atoms with Crippen LogP contribution < -0.4 is 10.6 Å². The van der Waals surface area contributed by atoms with Crippen molar-refractivity contribution in [3.05, 3.63) is 39.6 Å². The Morgan fingerprint density at radius 3 is 2.66 bits per heavy atom. The molecule has 0 aliphatic heterocycles. The molecule has 1 saturated carbocycles. The highest BCUT2D eigenvalue weighted by Gasteiger charge is 2.24. The number of hydrogen-bond donors (Lipinski definition) is 2. The SMILES string of the molecule is CCn1c(SCC(=O)N[C@@H]2CCCC[C@@H]2C)nnc1[C@@H](C)NC(=O)c1ccc(Cl)c(Cl)c1. The molecular formula is C22H29Cl2N5O2S. The average molecular weight is 498 g/mol. The minimum absolute atomic E-state index is 0.0157. The maximum Gasteiger partial charge on any atom is 0.251 e. The van der Waals surface area contributed by atoms with Crippen LogP contribution in [0.3, 0.4) is 0 Å². The van der Waals surface area contributed by atoms with Gasteiger partial charge in [0.15, 0.2) is 11.0 Å². The summed E-state index contributed by atoms with van der Waals surface area (Å²) in [7, 11) is 0. The van der Waals surface area contributed by atoms with Crippen LogP contribution in [0.5, 0.6) is 0 Å². The van der Waals surface area contributed by atoms with Crippen LogP contribution in [0.25, 0.3) is 0 Å². The van der Waals surface area contributed by atoms with Gasteiger partial charge in [-0.3, -0.25) is 9.59 Å². The maximum atomic E-state index is 12.6. The molecule has 1 aliphatic rings. The van der Waals surface area contributed by atoms with Gasteiger partial charge >= 0.3 is 0 Å². The van der Waals surface area contributed by atoms with Gasteiger partial charge in [0.05, 0.1) is 21.8 Å². The smallest absolute Gasteiger partial charge is 0.251 e. The predicted molar refractivity (Wildman–Crippen MR) is 128 cm³/mol. The lowest BCUT2D eigenvalue weighted by atomic mass is 9.86. The number of aromatic nitrogens is 3. The molecule has 1 aromatic carbocycles. The van der Waals surface area contributed by atoms with Crippen molar-refractivity contribution in [1.29, 1.82) is 0 Å². The fourth-order valence-corrected chi connectivity index (χ4v) is 5.03. The maximum absolute atomic E-state index is 12.6. The van der Waals surface area contributed by atoms with E-state index in [1.165, 1.54) is 30.7 Å². The molecule has 0 radical (unpaired) electrons. The van der Waals surface area contributed by atoms with Gasteiger partial charge in [-0.2, -0.15) is 0 Å². The molecule has 1 aromatic heterocycles. The second kappa shape index (κ2) is 11.4. The zero-order valence-corrected chi connectivity index (χ0v) is 20.9. The molecule has 10 heteroatoms. The van der Waals surface area contributed by atoms with Gasteiger partial charge in [0.1, 0.15) is 0 Å². The number of halogens is 2. The zero-order chi connectivity index (χ0) is 23.3. The summed E-state index contributed by atoms with van der Waals surface area (Å²) in [4.78, 5) is 25.1. The van der Waals surface area contributed by atoms with Gasteiger partial charge in [-0.1, -0.05) is 54.7 Å². The molecule has 7 nitrogen and oxygen atoms in total. The minimum atomic E-state index is -0.379. The Bertz CT molecular complexity index is 968. The summed E-state index contributed by atoms with van der Waals surface area (Å²) < 4.78 is 1.92. The molecule has 3 atom stereocenters. The van der Waals surface area contributed by atoms with Crippen LogP contribution in [0.2, 0.25) is 10.0 Å². The van der Waals surface area contributed by atoms with Gasteiger partial charge < -0.3 is 15.2 Å². The number of hydrogen-bond acceptors (Lipinski definition) is 5. The first-order valence-corrected chi connectivity index (χ1v) is 12.7. The first-order valence-electron chi connectivity index (χ1n) is 10.9. The molecule has 1 aliphatic carbocycles. The minimum Gasteiger partial charge on any atom is -0.352 e. The summed E-state index contributed by atoms with van der Waals surface area (Å²) in [6.45, 7) is 6.65. The van der Waals surface area contributed by atoms with Crippen molar-refractivity contribution in [2.24, 2.45) is 5.92 Å². The van der Waals surface area contributed by atoms with Gasteiger partial charge in [0.25, 0.3) is 5.91 Å². The van der Waals surface area contributed by atoms with Crippen LogP contribution in [-0.2, 0) is 11.3 Å². The summed E-state index contributed by atoms with van der Waals surface area (Å²) in [5, 5.41) is 16.0. The zero-order valence-electron chi connectivity index (χ0n) is 18.5. The van der Waals surface area contributed by atoms with Crippen molar-refractivity contribution in [2.45, 2.75) is 70.2 Å². The van der Waals surface area contributed by atoms with Crippen molar-refractivity contribution in [3.8, 4) is 0 Å². The van der Waals surface area contributed by atoms with Gasteiger partial charge in [0.2, 0.25) is 5.91 Å². The van der Waals surface area contributed by atoms with E-state index in [4.69, 9.17) is 23.2 Å². The third-order valence-electron chi connectivity index (χ3n) is 5.77. The molecule has 32 heavy (non-hydrogen) atoms. The number of carbonyl (C=O) groups excluding carboxylic acids is 2. The summed E-state index contributed by atoms with van der Waals surface area (Å²) in [5.74, 6) is 1.16. The largest absolute Gasteiger partial charge is 0.352 e. The Morgan fingerprint density at radius 1 is 1.22 bits per heavy atom. The highest BCUT2D eigenvalue weighted by molar-refractivity contribution is 7.99. The summed E-state index contributed by atoms with van der Waals surface area (Å²) in [5.41, 5.74) is 0.414. The van der Waals surface area contributed by atoms with E-state index in [0.717, 1.165) is 12.8 Å². The number of thioether (sulfide) groups is 1. The van der Waals surface area contributed by atoms with Crippen molar-refractivity contribution in [1.82, 2.24) is 25.4 Å². The average Bonchev–Trinajstić information content (AvgIpc) is 3.19. The fourth-order valence-electron chi connectivity index (χ4n) is 3.92. The normalized spacial score (nSPS) is 19.4. The predicted octanol–water partition coefficient (Wildman–Crippen LogP) is 4.88. The second-order valence-electron chi connectivity index (χ2n) is 8.13. The van der Waals surface area contributed by atoms with Crippen molar-refractivity contribution in [3.63, 3.8) is 0 Å². The summed E-state index contributed by atoms with van der Waals surface area (Å²) >= 11 is 13.3. The molecule has 2 N–H and O–H groups in total. The number of nitrogens with zero attached hydrogens (tertiary/aromatic N) is 3. The molecule has 0 spiro atoms. The number of carbonyl (C=O) groups is 2. The van der Waals surface area contributed by atoms with Crippen LogP contribution >= 0.6 is 35.0 Å². The van der Waals surface area contributed by atoms with Crippen molar-refractivity contribution < 1.29 is 9.59 Å². The van der Waals surface area contributed by atoms with Gasteiger partial charge in [-0.25, -0.2) is 0 Å². The first kappa shape index (κ1) is 24.9. The van der Waals surface area contributed by atoms with E-state index in [-0.39, 0.29) is 29.7 Å². The van der Waals surface area contributed by atoms with Crippen LogP contribution in [0.15, 0.2) is 23.4 Å². The Balaban J connectivity index is 1.60. The van der Waals surface area contributed by atoms with Gasteiger partial charge in [-0.05, 0) is 50.8 Å². The molecule has 2 amide bonds. The van der Waals surface area contributed by atoms with Crippen LogP contribution in [0, 0.1) is 5.92 Å². The monoisotopic (exact) mass is 497 g/mol. The van der Waals surface area contributed by atoms with E-state index in [1.807, 2.05) is 18.4 Å². The van der Waals surface area contributed by atoms with E-state index >= 15 is 0 Å². The summed E-state index contributed by atoms with van der Waals surface area (Å²) in [6.07, 6.45) is 4.62. The number of rotatable bonds is 8. The molecule has 1 fully saturated rings. The molecule has 0 unspecified atom stereocenters. The van der Waals surface area contributed by atoms with Crippen LogP contribution in [0.4, 0.5) is 0 Å². The fraction of sp³-hybridized carbons (Fsp3) is 0.545. The van der Waals surface area contributed by atoms with Crippen molar-refractivity contribution in [2.75, 3.05) is 5.75 Å². The van der Waals surface area contributed by atoms with Crippen LogP contribution in [0.1, 0.15) is 68.7 Å². The highest BCUT2D eigenvalue weighted by atomic mass is 35.5. The Kier molecular flexibility index (Phi) is 8.85. The van der Waals surface area contributed by atoms with E-state index in [0.29, 0.717) is 39.1 Å². The Morgan fingerprint density at radius 2 is 1.97 bits per heavy atom. The second-order valence-corrected chi connectivity index (χ2v) is 9.89. The number of benzene rings is 1. The van der Waals surface area contributed by atoms with Gasteiger partial charge in [0, 0.05) is 18.2 Å². The molecule has 174 valence electrons. The summed E-state index contributed by atoms with van der Waals surface area (Å²) in [6, 6.07) is 4.62. The van der Waals surface area contributed by atoms with E-state index < -0.39 is 0 Å². The van der Waals surface area contributed by atoms with E-state index in [9.17, 15) is 9.59 Å². The molecule has 2 aromatic rings. The standard InChI is InChI=1S/C22H29Cl2N5O2S/c1-4-29-20(14(3)25-21(31)15-9-10-16(23)17(24)11-15)27-28-22(29)32-12-19(30)26-18-8-6-5-7-13(18)2/h9-11,13-14,18H,4-8,12H2,1-3H3,(H,25,31)(H,26,30)/t13-,14+,18+/m0/s1. The molecular weight excluding hydrogens is 469 g/mol.